The van der Waals surface area contributed by atoms with Crippen LogP contribution in [0.15, 0.2) is 18.2 Å². The van der Waals surface area contributed by atoms with Crippen molar-refractivity contribution in [2.45, 2.75) is 91.6 Å². The molecule has 0 aliphatic heterocycles. The van der Waals surface area contributed by atoms with Crippen LogP contribution in [-0.4, -0.2) is 60.0 Å². The molecule has 0 spiro atoms. The van der Waals surface area contributed by atoms with Gasteiger partial charge in [-0.3, -0.25) is 4.79 Å². The van der Waals surface area contributed by atoms with Gasteiger partial charge in [0.15, 0.2) is 11.5 Å². The summed E-state index contributed by atoms with van der Waals surface area (Å²) in [6, 6.07) is 4.06. The highest BCUT2D eigenvalue weighted by molar-refractivity contribution is 5.79. The van der Waals surface area contributed by atoms with E-state index in [9.17, 15) is 24.3 Å². The van der Waals surface area contributed by atoms with E-state index in [1.54, 1.807) is 27.7 Å². The lowest BCUT2D eigenvalue weighted by atomic mass is 9.86. The Bertz CT molecular complexity index is 963. The quantitative estimate of drug-likeness (QED) is 0.198. The lowest BCUT2D eigenvalue weighted by Gasteiger charge is -2.28. The first-order chi connectivity index (χ1) is 17.6. The number of carbonyl (C=O) groups is 4. The van der Waals surface area contributed by atoms with Crippen LogP contribution < -0.4 is 15.2 Å². The van der Waals surface area contributed by atoms with Crippen molar-refractivity contribution in [2.75, 3.05) is 6.61 Å². The van der Waals surface area contributed by atoms with Crippen molar-refractivity contribution in [1.29, 1.82) is 0 Å². The number of carbonyl (C=O) groups excluding carboxylic acids is 3. The van der Waals surface area contributed by atoms with Crippen LogP contribution >= 0.6 is 0 Å². The van der Waals surface area contributed by atoms with Gasteiger partial charge >= 0.3 is 24.4 Å². The van der Waals surface area contributed by atoms with E-state index in [1.165, 1.54) is 25.1 Å². The van der Waals surface area contributed by atoms with Gasteiger partial charge in [0.05, 0.1) is 18.8 Å². The van der Waals surface area contributed by atoms with E-state index in [-0.39, 0.29) is 36.9 Å². The molecule has 0 radical (unpaired) electrons. The number of benzene rings is 1. The molecule has 1 aromatic carbocycles. The summed E-state index contributed by atoms with van der Waals surface area (Å²) in [5, 5.41) is 9.87. The van der Waals surface area contributed by atoms with Gasteiger partial charge in [-0.2, -0.15) is 0 Å². The van der Waals surface area contributed by atoms with Crippen molar-refractivity contribution in [3.63, 3.8) is 0 Å². The second kappa shape index (κ2) is 15.0. The summed E-state index contributed by atoms with van der Waals surface area (Å²) in [5.74, 6) is -1.55. The first kappa shape index (κ1) is 32.5. The van der Waals surface area contributed by atoms with Gasteiger partial charge < -0.3 is 39.3 Å². The van der Waals surface area contributed by atoms with E-state index in [2.05, 4.69) is 0 Å². The Balaban J connectivity index is 3.10. The first-order valence-corrected chi connectivity index (χ1v) is 12.4. The zero-order chi connectivity index (χ0) is 29.0. The topological polar surface area (TPSA) is 170 Å². The molecule has 12 heteroatoms. The maximum atomic E-state index is 12.1. The van der Waals surface area contributed by atoms with E-state index < -0.39 is 48.3 Å². The third-order valence-corrected chi connectivity index (χ3v) is 5.14. The van der Waals surface area contributed by atoms with Crippen molar-refractivity contribution in [2.24, 2.45) is 11.7 Å². The Labute approximate surface area is 222 Å². The summed E-state index contributed by atoms with van der Waals surface area (Å²) < 4.78 is 30.5. The van der Waals surface area contributed by atoms with E-state index >= 15 is 0 Å². The van der Waals surface area contributed by atoms with Gasteiger partial charge in [-0.05, 0) is 58.2 Å². The zero-order valence-electron chi connectivity index (χ0n) is 23.0. The second-order valence-corrected chi connectivity index (χ2v) is 9.66. The molecule has 3 N–H and O–H groups in total. The molecule has 0 saturated carbocycles. The number of aliphatic carboxylic acids is 1. The van der Waals surface area contributed by atoms with Crippen molar-refractivity contribution in [3.8, 4) is 11.5 Å². The number of carboxylic acid groups (broad SMARTS) is 1. The minimum atomic E-state index is -1.87. The third-order valence-electron chi connectivity index (χ3n) is 5.14. The highest BCUT2D eigenvalue weighted by Crippen LogP contribution is 2.31. The Hall–Kier alpha value is -3.54. The molecule has 12 nitrogen and oxygen atoms in total. The normalized spacial score (nSPS) is 14.2. The molecule has 0 saturated heterocycles. The monoisotopic (exact) mass is 541 g/mol. The molecule has 0 aliphatic carbocycles. The molecule has 1 rings (SSSR count). The van der Waals surface area contributed by atoms with Crippen LogP contribution in [0, 0.1) is 5.92 Å². The number of carboxylic acids is 1. The van der Waals surface area contributed by atoms with E-state index in [0.29, 0.717) is 5.56 Å². The van der Waals surface area contributed by atoms with Gasteiger partial charge in [-0.1, -0.05) is 26.3 Å². The van der Waals surface area contributed by atoms with E-state index in [0.717, 1.165) is 6.42 Å². The van der Waals surface area contributed by atoms with Gasteiger partial charge in [-0.15, -0.1) is 0 Å². The highest BCUT2D eigenvalue weighted by Gasteiger charge is 2.37. The molecule has 0 heterocycles. The van der Waals surface area contributed by atoms with Gasteiger partial charge in [-0.25, -0.2) is 14.4 Å². The summed E-state index contributed by atoms with van der Waals surface area (Å²) in [7, 11) is 0. The van der Waals surface area contributed by atoms with Crippen LogP contribution in [0.1, 0.15) is 66.9 Å². The van der Waals surface area contributed by atoms with Gasteiger partial charge in [0.25, 0.3) is 0 Å². The molecular formula is C26H39NO11. The number of nitrogens with two attached hydrogens (primary N) is 1. The van der Waals surface area contributed by atoms with Crippen molar-refractivity contribution < 1.29 is 52.7 Å². The minimum Gasteiger partial charge on any atom is -0.480 e. The summed E-state index contributed by atoms with van der Waals surface area (Å²) >= 11 is 0. The molecule has 0 aromatic heterocycles. The summed E-state index contributed by atoms with van der Waals surface area (Å²) in [6.07, 6.45) is -4.50. The number of hydrogen-bond acceptors (Lipinski definition) is 11. The van der Waals surface area contributed by atoms with Crippen LogP contribution in [0.4, 0.5) is 14.4 Å². The summed E-state index contributed by atoms with van der Waals surface area (Å²) in [5.41, 5.74) is 4.68. The average Bonchev–Trinajstić information content (AvgIpc) is 2.77. The van der Waals surface area contributed by atoms with E-state index in [4.69, 9.17) is 34.2 Å². The Morgan fingerprint density at radius 1 is 0.868 bits per heavy atom. The zero-order valence-corrected chi connectivity index (χ0v) is 23.0. The van der Waals surface area contributed by atoms with Gasteiger partial charge in [0.1, 0.15) is 11.6 Å². The second-order valence-electron chi connectivity index (χ2n) is 9.66. The maximum absolute atomic E-state index is 12.1. The lowest BCUT2D eigenvalue weighted by Crippen LogP contribution is -2.52. The first-order valence-electron chi connectivity index (χ1n) is 12.4. The fourth-order valence-electron chi connectivity index (χ4n) is 3.12. The Morgan fingerprint density at radius 2 is 1.42 bits per heavy atom. The number of rotatable bonds is 13. The molecule has 214 valence electrons. The molecular weight excluding hydrogens is 502 g/mol. The largest absolute Gasteiger partial charge is 0.514 e. The molecule has 2 unspecified atom stereocenters. The van der Waals surface area contributed by atoms with E-state index in [1.807, 2.05) is 13.8 Å². The van der Waals surface area contributed by atoms with Crippen molar-refractivity contribution in [1.82, 2.24) is 0 Å². The average molecular weight is 542 g/mol. The van der Waals surface area contributed by atoms with Crippen LogP contribution in [0.25, 0.3) is 0 Å². The smallest absolute Gasteiger partial charge is 0.480 e. The number of ether oxygens (including phenoxy) is 6. The standard InChI is InChI=1S/C26H39NO11/c1-8-17(6)14-33-23(30)36-18(7)12-26(27,22(28)29)13-19-9-10-20(37-24(31)34-15(2)3)21(11-19)38-25(32)35-16(4)5/h9-11,15-18H,8,12-14,27H2,1-7H3,(H,28,29)/t17?,18-,26?/m0/s1. The molecule has 0 fully saturated rings. The van der Waals surface area contributed by atoms with Crippen molar-refractivity contribution in [3.05, 3.63) is 23.8 Å². The fourth-order valence-corrected chi connectivity index (χ4v) is 3.12. The third kappa shape index (κ3) is 11.7. The predicted octanol–water partition coefficient (Wildman–Crippen LogP) is 4.84. The summed E-state index contributed by atoms with van der Waals surface area (Å²) in [6.45, 7) is 12.0. The van der Waals surface area contributed by atoms with Crippen molar-refractivity contribution >= 4 is 24.4 Å². The molecule has 38 heavy (non-hydrogen) atoms. The summed E-state index contributed by atoms with van der Waals surface area (Å²) in [4.78, 5) is 48.2. The van der Waals surface area contributed by atoms with Crippen LogP contribution in [0.2, 0.25) is 0 Å². The minimum absolute atomic E-state index is 0.152. The molecule has 0 amide bonds. The number of hydrogen-bond donors (Lipinski definition) is 2. The lowest BCUT2D eigenvalue weighted by molar-refractivity contribution is -0.144. The molecule has 0 aliphatic rings. The highest BCUT2D eigenvalue weighted by atomic mass is 16.8. The molecule has 1 aromatic rings. The Kier molecular flexibility index (Phi) is 12.8. The maximum Gasteiger partial charge on any atom is 0.514 e. The van der Waals surface area contributed by atoms with Crippen LogP contribution in [0.3, 0.4) is 0 Å². The van der Waals surface area contributed by atoms with Gasteiger partial charge in [0, 0.05) is 12.8 Å². The SMILES string of the molecule is CCC(C)COC(=O)O[C@@H](C)CC(N)(Cc1ccc(OC(=O)OC(C)C)c(OC(=O)OC(C)C)c1)C(=O)O. The Morgan fingerprint density at radius 3 is 1.92 bits per heavy atom. The molecule has 3 atom stereocenters. The fraction of sp³-hybridized carbons (Fsp3) is 0.615. The predicted molar refractivity (Wildman–Crippen MR) is 135 cm³/mol. The van der Waals surface area contributed by atoms with Crippen LogP contribution in [0.5, 0.6) is 11.5 Å². The van der Waals surface area contributed by atoms with Gasteiger partial charge in [0.2, 0.25) is 0 Å². The van der Waals surface area contributed by atoms with Crippen LogP contribution in [-0.2, 0) is 30.2 Å². The molecule has 0 bridgehead atoms.